The van der Waals surface area contributed by atoms with Crippen LogP contribution < -0.4 is 11.1 Å². The minimum Gasteiger partial charge on any atom is -0.396 e. The van der Waals surface area contributed by atoms with Crippen LogP contribution in [0.5, 0.6) is 0 Å². The Morgan fingerprint density at radius 1 is 1.30 bits per heavy atom. The first-order valence-electron chi connectivity index (χ1n) is 8.90. The molecule has 30 heavy (non-hydrogen) atoms. The normalized spacial score (nSPS) is 16.2. The first kappa shape index (κ1) is 25.2. The predicted molar refractivity (Wildman–Crippen MR) is 120 cm³/mol. The van der Waals surface area contributed by atoms with Gasteiger partial charge in [-0.2, -0.15) is 4.39 Å². The van der Waals surface area contributed by atoms with Gasteiger partial charge in [0.25, 0.3) is 0 Å². The molecule has 1 aromatic carbocycles. The van der Waals surface area contributed by atoms with Gasteiger partial charge in [-0.05, 0) is 37.3 Å². The van der Waals surface area contributed by atoms with Gasteiger partial charge in [-0.3, -0.25) is 0 Å². The van der Waals surface area contributed by atoms with Crippen molar-refractivity contribution in [3.63, 3.8) is 0 Å². The Bertz CT molecular complexity index is 854. The van der Waals surface area contributed by atoms with Crippen LogP contribution in [0.25, 0.3) is 5.70 Å². The number of nitrogens with two attached hydrogens (primary N) is 1. The summed E-state index contributed by atoms with van der Waals surface area (Å²) in [7, 11) is 0. The van der Waals surface area contributed by atoms with E-state index in [1.54, 1.807) is 24.3 Å². The predicted octanol–water partition coefficient (Wildman–Crippen LogP) is 3.28. The van der Waals surface area contributed by atoms with Crippen LogP contribution in [0, 0.1) is 5.13 Å². The minimum atomic E-state index is -1.05. The molecule has 0 aliphatic rings. The van der Waals surface area contributed by atoms with Crippen molar-refractivity contribution in [1.82, 2.24) is 5.32 Å². The van der Waals surface area contributed by atoms with Gasteiger partial charge in [-0.25, -0.2) is 0 Å². The largest absolute Gasteiger partial charge is 0.396 e. The lowest BCUT2D eigenvalue weighted by atomic mass is 10.2. The van der Waals surface area contributed by atoms with E-state index in [1.165, 1.54) is 19.2 Å². The lowest BCUT2D eigenvalue weighted by molar-refractivity contribution is -0.0933. The van der Waals surface area contributed by atoms with E-state index in [2.05, 4.69) is 5.32 Å². The maximum absolute atomic E-state index is 13.1. The van der Waals surface area contributed by atoms with Crippen LogP contribution in [0.4, 0.5) is 4.39 Å². The molecule has 0 aliphatic heterocycles. The average molecular weight is 497 g/mol. The number of halogens is 3. The van der Waals surface area contributed by atoms with E-state index in [-0.39, 0.29) is 11.7 Å². The van der Waals surface area contributed by atoms with Gasteiger partial charge >= 0.3 is 0 Å². The number of hydrogen-bond donors (Lipinski definition) is 5. The van der Waals surface area contributed by atoms with Crippen molar-refractivity contribution in [3.8, 4) is 0 Å². The minimum absolute atomic E-state index is 0.0471. The molecule has 0 radical (unpaired) electrons. The molecule has 0 saturated carbocycles. The smallest absolute Gasteiger partial charge is 0.177 e. The summed E-state index contributed by atoms with van der Waals surface area (Å²) >= 11 is 14.1. The third-order valence-corrected chi connectivity index (χ3v) is 6.77. The van der Waals surface area contributed by atoms with Crippen LogP contribution in [0.1, 0.15) is 11.8 Å². The number of hydrogen-bond acceptors (Lipinski definition) is 8. The first-order chi connectivity index (χ1) is 14.2. The molecule has 1 aromatic heterocycles. The maximum Gasteiger partial charge on any atom is 0.177 e. The Hall–Kier alpha value is -1.04. The summed E-state index contributed by atoms with van der Waals surface area (Å²) in [6.45, 7) is 1.11. The molecular formula is C19H23Cl2FN2O4S2. The van der Waals surface area contributed by atoms with Crippen LogP contribution in [0.2, 0.25) is 10.0 Å². The first-order valence-corrected chi connectivity index (χ1v) is 11.3. The van der Waals surface area contributed by atoms with E-state index in [9.17, 15) is 19.7 Å². The van der Waals surface area contributed by atoms with Crippen molar-refractivity contribution in [3.05, 3.63) is 56.6 Å². The molecule has 4 unspecified atom stereocenters. The molecule has 1 heterocycles. The highest BCUT2D eigenvalue weighted by molar-refractivity contribution is 7.99. The van der Waals surface area contributed by atoms with E-state index in [0.717, 1.165) is 23.1 Å². The Morgan fingerprint density at radius 3 is 2.60 bits per heavy atom. The van der Waals surface area contributed by atoms with Crippen molar-refractivity contribution >= 4 is 52.0 Å². The van der Waals surface area contributed by atoms with Gasteiger partial charge in [0.05, 0.1) is 33.3 Å². The molecule has 6 N–H and O–H groups in total. The molecule has 4 atom stereocenters. The molecule has 11 heteroatoms. The molecule has 0 saturated heterocycles. The molecule has 0 fully saturated rings. The van der Waals surface area contributed by atoms with Crippen LogP contribution in [-0.2, 0) is 4.74 Å². The number of nitrogens with one attached hydrogen (secondary N) is 1. The fourth-order valence-electron chi connectivity index (χ4n) is 2.29. The highest BCUT2D eigenvalue weighted by atomic mass is 35.5. The monoisotopic (exact) mass is 496 g/mol. The highest BCUT2D eigenvalue weighted by Gasteiger charge is 2.27. The quantitative estimate of drug-likeness (QED) is 0.240. The summed E-state index contributed by atoms with van der Waals surface area (Å²) < 4.78 is 18.9. The zero-order valence-corrected chi connectivity index (χ0v) is 19.1. The molecule has 0 aliphatic carbocycles. The zero-order valence-electron chi connectivity index (χ0n) is 16.0. The van der Waals surface area contributed by atoms with Crippen molar-refractivity contribution < 1.29 is 24.4 Å². The van der Waals surface area contributed by atoms with Crippen molar-refractivity contribution in [1.29, 1.82) is 0 Å². The standard InChI is InChI=1S/C19H23Cl2FN2O4S2/c1-10(26)16(9-25)28-19(29-11-2-3-12(20)13(21)6-11)15(27)8-24-7-14(23)17-4-5-18(22)30-17/h2-7,10,15-16,19,24-27H,8-9,23H2,1H3/b14-7-. The summed E-state index contributed by atoms with van der Waals surface area (Å²) in [6.07, 6.45) is -1.43. The molecular weight excluding hydrogens is 474 g/mol. The number of thiophene rings is 1. The zero-order chi connectivity index (χ0) is 22.3. The SMILES string of the molecule is CC(O)C(CO)OC(Sc1ccc(Cl)c(Cl)c1)C(O)CN/C=C(\N)c1ccc(F)s1. The Labute approximate surface area is 192 Å². The number of aliphatic hydroxyl groups excluding tert-OH is 3. The van der Waals surface area contributed by atoms with Crippen molar-refractivity contribution in [2.24, 2.45) is 5.73 Å². The van der Waals surface area contributed by atoms with Crippen LogP contribution >= 0.6 is 46.3 Å². The number of ether oxygens (including phenoxy) is 1. The Balaban J connectivity index is 2.08. The lowest BCUT2D eigenvalue weighted by Gasteiger charge is -2.28. The van der Waals surface area contributed by atoms with E-state index in [1.807, 2.05) is 0 Å². The molecule has 166 valence electrons. The van der Waals surface area contributed by atoms with Gasteiger partial charge in [0.15, 0.2) is 5.13 Å². The summed E-state index contributed by atoms with van der Waals surface area (Å²) in [5.74, 6) is 0. The van der Waals surface area contributed by atoms with Crippen LogP contribution in [-0.4, -0.2) is 52.2 Å². The third-order valence-electron chi connectivity index (χ3n) is 3.93. The second-order valence-corrected chi connectivity index (χ2v) is 9.36. The number of benzene rings is 1. The maximum atomic E-state index is 13.1. The average Bonchev–Trinajstić information content (AvgIpc) is 3.13. The summed E-state index contributed by atoms with van der Waals surface area (Å²) in [6, 6.07) is 7.85. The molecule has 0 spiro atoms. The fraction of sp³-hybridized carbons (Fsp3) is 0.368. The van der Waals surface area contributed by atoms with Gasteiger partial charge in [-0.15, -0.1) is 11.3 Å². The number of rotatable bonds is 11. The van der Waals surface area contributed by atoms with E-state index >= 15 is 0 Å². The highest BCUT2D eigenvalue weighted by Crippen LogP contribution is 2.32. The summed E-state index contributed by atoms with van der Waals surface area (Å²) in [4.78, 5) is 1.24. The van der Waals surface area contributed by atoms with Crippen molar-refractivity contribution in [2.75, 3.05) is 13.2 Å². The van der Waals surface area contributed by atoms with Gasteiger partial charge < -0.3 is 31.1 Å². The topological polar surface area (TPSA) is 108 Å². The fourth-order valence-corrected chi connectivity index (χ4v) is 4.36. The van der Waals surface area contributed by atoms with E-state index in [4.69, 9.17) is 33.7 Å². The van der Waals surface area contributed by atoms with Crippen LogP contribution in [0.3, 0.4) is 0 Å². The van der Waals surface area contributed by atoms with Gasteiger partial charge in [0.2, 0.25) is 0 Å². The van der Waals surface area contributed by atoms with E-state index in [0.29, 0.717) is 25.5 Å². The lowest BCUT2D eigenvalue weighted by Crippen LogP contribution is -2.41. The number of aliphatic hydroxyl groups is 3. The Kier molecular flexibility index (Phi) is 10.2. The molecule has 0 bridgehead atoms. The van der Waals surface area contributed by atoms with E-state index < -0.39 is 30.4 Å². The van der Waals surface area contributed by atoms with Gasteiger partial charge in [-0.1, -0.05) is 35.0 Å². The van der Waals surface area contributed by atoms with Crippen molar-refractivity contribution in [2.45, 2.75) is 35.6 Å². The number of thioether (sulfide) groups is 1. The van der Waals surface area contributed by atoms with Gasteiger partial charge in [0.1, 0.15) is 17.6 Å². The second-order valence-electron chi connectivity index (χ2n) is 6.34. The Morgan fingerprint density at radius 2 is 2.03 bits per heavy atom. The third kappa shape index (κ3) is 7.58. The van der Waals surface area contributed by atoms with Crippen LogP contribution in [0.15, 0.2) is 41.4 Å². The molecule has 0 amide bonds. The summed E-state index contributed by atoms with van der Waals surface area (Å²) in [5.41, 5.74) is 5.37. The second kappa shape index (κ2) is 12.1. The molecule has 6 nitrogen and oxygen atoms in total. The molecule has 2 rings (SSSR count). The molecule has 2 aromatic rings. The van der Waals surface area contributed by atoms with Gasteiger partial charge in [0, 0.05) is 17.6 Å². The summed E-state index contributed by atoms with van der Waals surface area (Å²) in [5, 5.41) is 33.2.